The fraction of sp³-hybridized carbons (Fsp3) is 0.857. The summed E-state index contributed by atoms with van der Waals surface area (Å²) >= 11 is 0. The predicted octanol–water partition coefficient (Wildman–Crippen LogP) is 1.85. The summed E-state index contributed by atoms with van der Waals surface area (Å²) in [5.41, 5.74) is -1.98. The van der Waals surface area contributed by atoms with E-state index in [2.05, 4.69) is 10.6 Å². The van der Waals surface area contributed by atoms with E-state index in [0.717, 1.165) is 0 Å². The maximum absolute atomic E-state index is 12.0. The summed E-state index contributed by atoms with van der Waals surface area (Å²) in [6.07, 6.45) is 0. The van der Waals surface area contributed by atoms with E-state index in [0.29, 0.717) is 6.61 Å². The number of hydrogen-bond donors (Lipinski definition) is 3. The van der Waals surface area contributed by atoms with Gasteiger partial charge in [-0.3, -0.25) is 4.79 Å². The molecule has 20 heavy (non-hydrogen) atoms. The largest absolute Gasteiger partial charge is 0.481 e. The molecular weight excluding hydrogens is 260 g/mol. The van der Waals surface area contributed by atoms with Crippen molar-refractivity contribution < 1.29 is 19.4 Å². The van der Waals surface area contributed by atoms with Gasteiger partial charge in [-0.1, -0.05) is 13.8 Å². The molecule has 0 radical (unpaired) electrons. The van der Waals surface area contributed by atoms with Crippen molar-refractivity contribution in [3.8, 4) is 0 Å². The van der Waals surface area contributed by atoms with Crippen molar-refractivity contribution in [3.05, 3.63) is 0 Å². The molecule has 0 spiro atoms. The Hall–Kier alpha value is -1.30. The zero-order valence-electron chi connectivity index (χ0n) is 13.5. The molecule has 0 aliphatic carbocycles. The molecule has 0 rings (SSSR count). The third kappa shape index (κ3) is 4.67. The number of carbonyl (C=O) groups is 2. The van der Waals surface area contributed by atoms with E-state index in [-0.39, 0.29) is 18.0 Å². The Morgan fingerprint density at radius 2 is 1.70 bits per heavy atom. The van der Waals surface area contributed by atoms with Gasteiger partial charge in [-0.05, 0) is 33.6 Å². The number of carboxylic acid groups (broad SMARTS) is 1. The highest BCUT2D eigenvalue weighted by molar-refractivity contribution is 5.79. The van der Waals surface area contributed by atoms with Gasteiger partial charge in [0.1, 0.15) is 0 Å². The number of hydrogen-bond acceptors (Lipinski definition) is 3. The number of nitrogens with one attached hydrogen (secondary N) is 2. The van der Waals surface area contributed by atoms with Crippen LogP contribution in [0, 0.1) is 11.3 Å². The molecule has 1 unspecified atom stereocenters. The minimum absolute atomic E-state index is 0.122. The Kier molecular flexibility index (Phi) is 6.47. The van der Waals surface area contributed by atoms with Crippen LogP contribution in [-0.4, -0.2) is 42.4 Å². The van der Waals surface area contributed by atoms with Crippen molar-refractivity contribution >= 4 is 12.0 Å². The first kappa shape index (κ1) is 18.7. The van der Waals surface area contributed by atoms with Crippen LogP contribution in [-0.2, 0) is 9.53 Å². The average molecular weight is 288 g/mol. The topological polar surface area (TPSA) is 87.7 Å². The van der Waals surface area contributed by atoms with E-state index >= 15 is 0 Å². The highest BCUT2D eigenvalue weighted by atomic mass is 16.5. The van der Waals surface area contributed by atoms with E-state index in [4.69, 9.17) is 4.74 Å². The van der Waals surface area contributed by atoms with Crippen molar-refractivity contribution in [3.63, 3.8) is 0 Å². The van der Waals surface area contributed by atoms with Gasteiger partial charge in [-0.2, -0.15) is 0 Å². The molecule has 0 aromatic rings. The molecular formula is C14H28N2O4. The lowest BCUT2D eigenvalue weighted by molar-refractivity contribution is -0.150. The van der Waals surface area contributed by atoms with Gasteiger partial charge < -0.3 is 20.5 Å². The van der Waals surface area contributed by atoms with Gasteiger partial charge >= 0.3 is 12.0 Å². The molecule has 0 bridgehead atoms. The average Bonchev–Trinajstić information content (AvgIpc) is 2.26. The molecule has 3 N–H and O–H groups in total. The Labute approximate surface area is 121 Å². The quantitative estimate of drug-likeness (QED) is 0.667. The number of urea groups is 1. The highest BCUT2D eigenvalue weighted by Gasteiger charge is 2.44. The first-order valence-electron chi connectivity index (χ1n) is 6.76. The van der Waals surface area contributed by atoms with Gasteiger partial charge in [0.15, 0.2) is 0 Å². The van der Waals surface area contributed by atoms with E-state index in [1.165, 1.54) is 0 Å². The normalized spacial score (nSPS) is 14.0. The Balaban J connectivity index is 4.78. The van der Waals surface area contributed by atoms with Gasteiger partial charge in [0.05, 0.1) is 23.6 Å². The van der Waals surface area contributed by atoms with Crippen LogP contribution in [0.25, 0.3) is 0 Å². The molecule has 0 aliphatic rings. The lowest BCUT2D eigenvalue weighted by Gasteiger charge is -2.39. The number of rotatable bonds is 7. The Morgan fingerprint density at radius 1 is 1.20 bits per heavy atom. The van der Waals surface area contributed by atoms with Crippen molar-refractivity contribution in [2.24, 2.45) is 11.3 Å². The van der Waals surface area contributed by atoms with Crippen LogP contribution in [0.15, 0.2) is 0 Å². The smallest absolute Gasteiger partial charge is 0.315 e. The van der Waals surface area contributed by atoms with E-state index in [9.17, 15) is 14.7 Å². The zero-order valence-corrected chi connectivity index (χ0v) is 13.5. The van der Waals surface area contributed by atoms with Crippen LogP contribution >= 0.6 is 0 Å². The molecule has 0 saturated carbocycles. The maximum atomic E-state index is 12.0. The molecule has 6 heteroatoms. The number of methoxy groups -OCH3 is 1. The van der Waals surface area contributed by atoms with Gasteiger partial charge in [-0.15, -0.1) is 0 Å². The number of ether oxygens (including phenoxy) is 1. The van der Waals surface area contributed by atoms with Gasteiger partial charge in [-0.25, -0.2) is 4.79 Å². The summed E-state index contributed by atoms with van der Waals surface area (Å²) in [4.78, 5) is 23.3. The second kappa shape index (κ2) is 6.92. The predicted molar refractivity (Wildman–Crippen MR) is 77.7 cm³/mol. The molecule has 2 amide bonds. The molecule has 0 fully saturated rings. The van der Waals surface area contributed by atoms with Crippen LogP contribution in [0.2, 0.25) is 0 Å². The molecule has 0 aromatic carbocycles. The SMILES string of the molecule is COCC(NC(=O)NC(C)(C)C(C)(C)C(=O)O)C(C)C. The standard InChI is InChI=1S/C14H28N2O4/c1-9(2)10(8-20-7)15-12(19)16-14(5,6)13(3,4)11(17)18/h9-10H,8H2,1-7H3,(H,17,18)(H2,15,16,19). The monoisotopic (exact) mass is 288 g/mol. The second-order valence-corrected chi connectivity index (χ2v) is 6.46. The first-order chi connectivity index (χ1) is 8.95. The van der Waals surface area contributed by atoms with Crippen LogP contribution in [0.4, 0.5) is 4.79 Å². The van der Waals surface area contributed by atoms with Crippen molar-refractivity contribution in [2.45, 2.75) is 53.1 Å². The summed E-state index contributed by atoms with van der Waals surface area (Å²) in [5.74, 6) is -0.739. The Morgan fingerprint density at radius 3 is 2.05 bits per heavy atom. The van der Waals surface area contributed by atoms with Crippen molar-refractivity contribution in [1.82, 2.24) is 10.6 Å². The first-order valence-corrected chi connectivity index (χ1v) is 6.76. The summed E-state index contributed by atoms with van der Waals surface area (Å²) in [6, 6.07) is -0.510. The molecule has 6 nitrogen and oxygen atoms in total. The van der Waals surface area contributed by atoms with Gasteiger partial charge in [0, 0.05) is 7.11 Å². The van der Waals surface area contributed by atoms with E-state index < -0.39 is 16.9 Å². The molecule has 0 saturated heterocycles. The van der Waals surface area contributed by atoms with Crippen LogP contribution in [0.1, 0.15) is 41.5 Å². The fourth-order valence-corrected chi connectivity index (χ4v) is 1.49. The summed E-state index contributed by atoms with van der Waals surface area (Å²) < 4.78 is 5.07. The number of carbonyl (C=O) groups excluding carboxylic acids is 1. The van der Waals surface area contributed by atoms with Crippen molar-refractivity contribution in [2.75, 3.05) is 13.7 Å². The summed E-state index contributed by atoms with van der Waals surface area (Å²) in [5, 5.41) is 14.8. The number of carboxylic acids is 1. The minimum Gasteiger partial charge on any atom is -0.481 e. The minimum atomic E-state index is -1.08. The Bertz CT molecular complexity index is 351. The zero-order chi connectivity index (χ0) is 16.1. The summed E-state index contributed by atoms with van der Waals surface area (Å²) in [7, 11) is 1.58. The molecule has 0 heterocycles. The van der Waals surface area contributed by atoms with Crippen LogP contribution < -0.4 is 10.6 Å². The number of amides is 2. The second-order valence-electron chi connectivity index (χ2n) is 6.46. The van der Waals surface area contributed by atoms with E-state index in [1.807, 2.05) is 13.8 Å². The fourth-order valence-electron chi connectivity index (χ4n) is 1.49. The third-order valence-electron chi connectivity index (χ3n) is 3.99. The van der Waals surface area contributed by atoms with Gasteiger partial charge in [0.25, 0.3) is 0 Å². The van der Waals surface area contributed by atoms with Gasteiger partial charge in [0.2, 0.25) is 0 Å². The third-order valence-corrected chi connectivity index (χ3v) is 3.99. The molecule has 0 aromatic heterocycles. The lowest BCUT2D eigenvalue weighted by Crippen LogP contribution is -2.60. The molecule has 0 aliphatic heterocycles. The molecule has 1 atom stereocenters. The van der Waals surface area contributed by atoms with Crippen LogP contribution in [0.3, 0.4) is 0 Å². The lowest BCUT2D eigenvalue weighted by atomic mass is 9.74. The van der Waals surface area contributed by atoms with E-state index in [1.54, 1.807) is 34.8 Å². The highest BCUT2D eigenvalue weighted by Crippen LogP contribution is 2.30. The maximum Gasteiger partial charge on any atom is 0.315 e. The molecule has 118 valence electrons. The van der Waals surface area contributed by atoms with Crippen molar-refractivity contribution in [1.29, 1.82) is 0 Å². The number of aliphatic carboxylic acids is 1. The summed E-state index contributed by atoms with van der Waals surface area (Å²) in [6.45, 7) is 10.9. The van der Waals surface area contributed by atoms with Crippen LogP contribution in [0.5, 0.6) is 0 Å².